The molecule has 2 spiro atoms. The molecule has 1 N–H and O–H groups in total. The number of hydrogen-bond donors (Lipinski definition) is 1. The van der Waals surface area contributed by atoms with E-state index in [4.69, 9.17) is 23.7 Å². The van der Waals surface area contributed by atoms with Gasteiger partial charge < -0.3 is 29.0 Å². The van der Waals surface area contributed by atoms with Crippen LogP contribution in [0.25, 0.3) is 0 Å². The van der Waals surface area contributed by atoms with Gasteiger partial charge in [0.1, 0.15) is 18.3 Å². The van der Waals surface area contributed by atoms with Crippen LogP contribution in [0.5, 0.6) is 0 Å². The lowest BCUT2D eigenvalue weighted by molar-refractivity contribution is -0.247. The second-order valence-corrected chi connectivity index (χ2v) is 10.8. The topological polar surface area (TPSA) is 75.3 Å². The second-order valence-electron chi connectivity index (χ2n) is 10.8. The third-order valence-electron chi connectivity index (χ3n) is 8.20. The fourth-order valence-electron chi connectivity index (χ4n) is 6.39. The Morgan fingerprint density at radius 2 is 1.30 bits per heavy atom. The van der Waals surface area contributed by atoms with Crippen molar-refractivity contribution >= 4 is 5.91 Å². The molecule has 0 aromatic heterocycles. The van der Waals surface area contributed by atoms with Gasteiger partial charge in [-0.1, -0.05) is 51.9 Å². The monoisotopic (exact) mass is 465 g/mol. The molecule has 2 saturated carbocycles. The summed E-state index contributed by atoms with van der Waals surface area (Å²) in [4.78, 5) is 13.2. The van der Waals surface area contributed by atoms with Crippen LogP contribution < -0.4 is 5.32 Å². The SMILES string of the molecule is CCCCCCCCNC(=O)[C@@H]1O[C@H]2OC3(CCCCC3)O[C@@H]2[C@H]2OC3(CCCCC3)O[C@@H]21. The van der Waals surface area contributed by atoms with Gasteiger partial charge in [-0.25, -0.2) is 0 Å². The molecule has 5 aliphatic rings. The van der Waals surface area contributed by atoms with E-state index in [2.05, 4.69) is 12.2 Å². The van der Waals surface area contributed by atoms with Gasteiger partial charge in [0.15, 0.2) is 24.0 Å². The number of carbonyl (C=O) groups excluding carboxylic acids is 1. The van der Waals surface area contributed by atoms with Crippen LogP contribution in [0.3, 0.4) is 0 Å². The predicted octanol–water partition coefficient (Wildman–Crippen LogP) is 4.71. The summed E-state index contributed by atoms with van der Waals surface area (Å²) >= 11 is 0. The van der Waals surface area contributed by atoms with Crippen LogP contribution in [-0.4, -0.2) is 54.7 Å². The molecule has 5 fully saturated rings. The summed E-state index contributed by atoms with van der Waals surface area (Å²) in [5.41, 5.74) is 0. The number of carbonyl (C=O) groups is 1. The molecule has 0 radical (unpaired) electrons. The average molecular weight is 466 g/mol. The minimum absolute atomic E-state index is 0.110. The van der Waals surface area contributed by atoms with Crippen LogP contribution in [0, 0.1) is 0 Å². The van der Waals surface area contributed by atoms with Gasteiger partial charge in [-0.3, -0.25) is 4.79 Å². The standard InChI is InChI=1S/C26H43NO6/c1-2-3-4-5-6-13-18-27-23(28)21-19-20(31-25(30-19)14-9-7-10-15-25)22-24(29-21)33-26(32-22)16-11-8-12-17-26/h19-22,24H,2-18H2,1H3,(H,27,28)/t19-,20-,21+,22+,24-/m0/s1. The Morgan fingerprint density at radius 1 is 0.727 bits per heavy atom. The first kappa shape index (κ1) is 24.0. The normalized spacial score (nSPS) is 36.6. The van der Waals surface area contributed by atoms with Crippen LogP contribution in [0.1, 0.15) is 110 Å². The molecule has 188 valence electrons. The Morgan fingerprint density at radius 3 is 2.00 bits per heavy atom. The van der Waals surface area contributed by atoms with Crippen LogP contribution in [-0.2, 0) is 28.5 Å². The molecule has 0 bridgehead atoms. The lowest BCUT2D eigenvalue weighted by atomic mass is 9.94. The average Bonchev–Trinajstić information content (AvgIpc) is 3.36. The predicted molar refractivity (Wildman–Crippen MR) is 122 cm³/mol. The molecule has 3 aliphatic heterocycles. The Bertz CT molecular complexity index is 659. The largest absolute Gasteiger partial charge is 0.354 e. The molecule has 0 unspecified atom stereocenters. The highest BCUT2D eigenvalue weighted by Gasteiger charge is 2.65. The van der Waals surface area contributed by atoms with Crippen LogP contribution in [0.2, 0.25) is 0 Å². The van der Waals surface area contributed by atoms with Crippen LogP contribution >= 0.6 is 0 Å². The molecule has 0 aromatic rings. The highest BCUT2D eigenvalue weighted by atomic mass is 16.9. The molecule has 3 heterocycles. The first-order valence-corrected chi connectivity index (χ1v) is 13.8. The number of unbranched alkanes of at least 4 members (excludes halogenated alkanes) is 5. The summed E-state index contributed by atoms with van der Waals surface area (Å²) in [7, 11) is 0. The number of hydrogen-bond acceptors (Lipinski definition) is 6. The number of rotatable bonds is 8. The highest BCUT2D eigenvalue weighted by molar-refractivity contribution is 5.81. The maximum Gasteiger partial charge on any atom is 0.252 e. The maximum atomic E-state index is 13.2. The minimum Gasteiger partial charge on any atom is -0.354 e. The van der Waals surface area contributed by atoms with Gasteiger partial charge in [0.25, 0.3) is 5.91 Å². The Hall–Kier alpha value is -0.730. The van der Waals surface area contributed by atoms with Gasteiger partial charge in [-0.05, 0) is 32.1 Å². The minimum atomic E-state index is -0.722. The molecular weight excluding hydrogens is 422 g/mol. The lowest BCUT2D eigenvalue weighted by Crippen LogP contribution is -2.59. The summed E-state index contributed by atoms with van der Waals surface area (Å²) in [6, 6.07) is 0. The zero-order valence-corrected chi connectivity index (χ0v) is 20.4. The van der Waals surface area contributed by atoms with E-state index in [9.17, 15) is 4.79 Å². The van der Waals surface area contributed by atoms with Gasteiger partial charge in [0.2, 0.25) is 0 Å². The lowest BCUT2D eigenvalue weighted by Gasteiger charge is -2.36. The first-order chi connectivity index (χ1) is 16.1. The van der Waals surface area contributed by atoms with E-state index in [-0.39, 0.29) is 18.1 Å². The molecular formula is C26H43NO6. The molecule has 5 atom stereocenters. The van der Waals surface area contributed by atoms with Gasteiger partial charge in [-0.15, -0.1) is 0 Å². The molecule has 33 heavy (non-hydrogen) atoms. The number of amides is 1. The van der Waals surface area contributed by atoms with Crippen LogP contribution in [0.4, 0.5) is 0 Å². The summed E-state index contributed by atoms with van der Waals surface area (Å²) in [5.74, 6) is -1.30. The van der Waals surface area contributed by atoms with Crippen molar-refractivity contribution in [3.63, 3.8) is 0 Å². The van der Waals surface area contributed by atoms with Gasteiger partial charge >= 0.3 is 0 Å². The molecule has 1 amide bonds. The smallest absolute Gasteiger partial charge is 0.252 e. The van der Waals surface area contributed by atoms with E-state index >= 15 is 0 Å². The fourth-order valence-corrected chi connectivity index (χ4v) is 6.39. The van der Waals surface area contributed by atoms with Gasteiger partial charge in [0.05, 0.1) is 0 Å². The van der Waals surface area contributed by atoms with E-state index in [1.807, 2.05) is 0 Å². The maximum absolute atomic E-state index is 13.2. The summed E-state index contributed by atoms with van der Waals surface area (Å²) < 4.78 is 32.4. The molecule has 2 aliphatic carbocycles. The number of fused-ring (bicyclic) bond motifs is 3. The van der Waals surface area contributed by atoms with Crippen molar-refractivity contribution in [1.29, 1.82) is 0 Å². The molecule has 7 nitrogen and oxygen atoms in total. The van der Waals surface area contributed by atoms with Gasteiger partial charge in [-0.2, -0.15) is 0 Å². The summed E-state index contributed by atoms with van der Waals surface area (Å²) in [5, 5.41) is 3.10. The molecule has 0 aromatic carbocycles. The van der Waals surface area contributed by atoms with E-state index in [1.165, 1.54) is 38.5 Å². The van der Waals surface area contributed by atoms with Crippen LogP contribution in [0.15, 0.2) is 0 Å². The van der Waals surface area contributed by atoms with Crippen molar-refractivity contribution in [3.8, 4) is 0 Å². The Balaban J connectivity index is 1.24. The van der Waals surface area contributed by atoms with E-state index in [0.717, 1.165) is 64.2 Å². The van der Waals surface area contributed by atoms with Crippen molar-refractivity contribution < 1.29 is 28.5 Å². The zero-order valence-electron chi connectivity index (χ0n) is 20.4. The quantitative estimate of drug-likeness (QED) is 0.524. The Kier molecular flexibility index (Phi) is 7.62. The third-order valence-corrected chi connectivity index (χ3v) is 8.20. The second kappa shape index (κ2) is 10.5. The number of ether oxygens (including phenoxy) is 5. The first-order valence-electron chi connectivity index (χ1n) is 13.8. The fraction of sp³-hybridized carbons (Fsp3) is 0.962. The zero-order chi connectivity index (χ0) is 22.7. The van der Waals surface area contributed by atoms with Crippen molar-refractivity contribution in [1.82, 2.24) is 5.32 Å². The van der Waals surface area contributed by atoms with Gasteiger partial charge in [0, 0.05) is 32.2 Å². The van der Waals surface area contributed by atoms with E-state index in [1.54, 1.807) is 0 Å². The summed E-state index contributed by atoms with van der Waals surface area (Å²) in [6.07, 6.45) is 15.0. The molecule has 5 rings (SSSR count). The van der Waals surface area contributed by atoms with Crippen molar-refractivity contribution in [2.45, 2.75) is 152 Å². The highest BCUT2D eigenvalue weighted by Crippen LogP contribution is 2.50. The summed E-state index contributed by atoms with van der Waals surface area (Å²) in [6.45, 7) is 2.90. The molecule has 3 saturated heterocycles. The molecule has 7 heteroatoms. The third kappa shape index (κ3) is 5.13. The van der Waals surface area contributed by atoms with Crippen molar-refractivity contribution in [3.05, 3.63) is 0 Å². The van der Waals surface area contributed by atoms with Crippen molar-refractivity contribution in [2.75, 3.05) is 6.54 Å². The van der Waals surface area contributed by atoms with E-state index < -0.39 is 30.1 Å². The van der Waals surface area contributed by atoms with Crippen molar-refractivity contribution in [2.24, 2.45) is 0 Å². The number of nitrogens with one attached hydrogen (secondary N) is 1. The van der Waals surface area contributed by atoms with E-state index in [0.29, 0.717) is 6.54 Å². The Labute approximate surface area is 198 Å².